The number of aromatic nitrogens is 3. The summed E-state index contributed by atoms with van der Waals surface area (Å²) in [5.74, 6) is 1.74. The molecule has 0 amide bonds. The molecule has 10 aromatic rings. The topological polar surface area (TPSA) is 38.7 Å². The van der Waals surface area contributed by atoms with Gasteiger partial charge in [0.1, 0.15) is 0 Å². The molecule has 3 heteroatoms. The zero-order chi connectivity index (χ0) is 38.8. The van der Waals surface area contributed by atoms with Crippen LogP contribution in [-0.4, -0.2) is 15.0 Å². The van der Waals surface area contributed by atoms with Crippen LogP contribution in [0.25, 0.3) is 99.5 Å². The highest BCUT2D eigenvalue weighted by Gasteiger charge is 2.16. The van der Waals surface area contributed by atoms with E-state index in [1.165, 1.54) is 16.2 Å². The zero-order valence-corrected chi connectivity index (χ0v) is 27.9. The fourth-order valence-corrected chi connectivity index (χ4v) is 7.14. The number of benzene rings is 9. The van der Waals surface area contributed by atoms with E-state index in [4.69, 9.17) is 21.8 Å². The summed E-state index contributed by atoms with van der Waals surface area (Å²) in [7, 11) is 0. The van der Waals surface area contributed by atoms with Crippen LogP contribution in [0.5, 0.6) is 0 Å². The Labute approximate surface area is 308 Å². The highest BCUT2D eigenvalue weighted by atomic mass is 15.0. The Bertz CT molecular complexity index is 3240. The normalized spacial score (nSPS) is 12.8. The summed E-state index contributed by atoms with van der Waals surface area (Å²) in [5, 5.41) is 8.70. The number of fused-ring (bicyclic) bond motifs is 5. The molecule has 1 aromatic heterocycles. The van der Waals surface area contributed by atoms with Crippen LogP contribution in [0.1, 0.15) is 6.85 Å². The van der Waals surface area contributed by atoms with Crippen molar-refractivity contribution in [3.63, 3.8) is 0 Å². The predicted octanol–water partition coefficient (Wildman–Crippen LogP) is 12.8. The minimum Gasteiger partial charge on any atom is -0.208 e. The molecule has 0 spiro atoms. The SMILES string of the molecule is [2H]c1c([2H])c([2H])c(-c2ccc3cc(-c4cccc(-c5nc(-c6ccc7c(ccc8ccccc87)c6)nc(-c6cccc7ccccc67)n5)c4)ccc3c2)c([2H])c1[2H]. The largest absolute Gasteiger partial charge is 0.208 e. The maximum absolute atomic E-state index is 8.45. The van der Waals surface area contributed by atoms with Crippen molar-refractivity contribution in [1.82, 2.24) is 15.0 Å². The van der Waals surface area contributed by atoms with Crippen LogP contribution in [0.15, 0.2) is 188 Å². The predicted molar refractivity (Wildman–Crippen MR) is 217 cm³/mol. The van der Waals surface area contributed by atoms with Gasteiger partial charge in [-0.3, -0.25) is 0 Å². The number of hydrogen-bond donors (Lipinski definition) is 0. The van der Waals surface area contributed by atoms with Gasteiger partial charge in [-0.2, -0.15) is 0 Å². The van der Waals surface area contributed by atoms with Gasteiger partial charge in [-0.25, -0.2) is 15.0 Å². The van der Waals surface area contributed by atoms with Crippen molar-refractivity contribution in [2.45, 2.75) is 0 Å². The van der Waals surface area contributed by atoms with E-state index in [1.54, 1.807) is 0 Å². The molecule has 0 N–H and O–H groups in total. The molecule has 242 valence electrons. The number of hydrogen-bond acceptors (Lipinski definition) is 3. The summed E-state index contributed by atoms with van der Waals surface area (Å²) in [6.45, 7) is 0. The van der Waals surface area contributed by atoms with Crippen LogP contribution in [0.2, 0.25) is 0 Å². The second-order valence-electron chi connectivity index (χ2n) is 12.9. The Morgan fingerprint density at radius 3 is 1.60 bits per heavy atom. The van der Waals surface area contributed by atoms with Gasteiger partial charge in [-0.15, -0.1) is 0 Å². The fraction of sp³-hybridized carbons (Fsp3) is 0. The van der Waals surface area contributed by atoms with Crippen LogP contribution in [-0.2, 0) is 0 Å². The van der Waals surface area contributed by atoms with Crippen molar-refractivity contribution in [2.24, 2.45) is 0 Å². The Kier molecular flexibility index (Phi) is 5.98. The first kappa shape index (κ1) is 25.1. The lowest BCUT2D eigenvalue weighted by atomic mass is 9.97. The first-order valence-electron chi connectivity index (χ1n) is 19.7. The Morgan fingerprint density at radius 2 is 0.808 bits per heavy atom. The Hall–Kier alpha value is -6.97. The summed E-state index contributed by atoms with van der Waals surface area (Å²) in [6.07, 6.45) is 0. The van der Waals surface area contributed by atoms with E-state index in [1.807, 2.05) is 60.7 Å². The first-order valence-corrected chi connectivity index (χ1v) is 17.2. The molecule has 0 bridgehead atoms. The smallest absolute Gasteiger partial charge is 0.164 e. The van der Waals surface area contributed by atoms with Crippen molar-refractivity contribution in [1.29, 1.82) is 0 Å². The summed E-state index contributed by atoms with van der Waals surface area (Å²) >= 11 is 0. The van der Waals surface area contributed by atoms with Gasteiger partial charge >= 0.3 is 0 Å². The quantitative estimate of drug-likeness (QED) is 0.172. The molecule has 10 rings (SSSR count). The van der Waals surface area contributed by atoms with Gasteiger partial charge in [0.2, 0.25) is 0 Å². The van der Waals surface area contributed by atoms with Crippen molar-refractivity contribution in [2.75, 3.05) is 0 Å². The molecule has 0 fully saturated rings. The first-order chi connectivity index (χ1) is 27.8. The standard InChI is InChI=1S/C49H31N3/c1-2-10-32(11-3-1)36-21-22-39-29-37(23-24-38(39)28-36)35-15-8-16-41(30-35)47-50-48(52-49(51-47)46-19-9-14-33-12-4-7-18-44(33)46)42-26-27-45-40(31-42)25-20-34-13-5-6-17-43(34)45/h1-31H/i1D,2D,3D,10D,11D. The highest BCUT2D eigenvalue weighted by molar-refractivity contribution is 6.08. The Balaban J connectivity index is 1.08. The van der Waals surface area contributed by atoms with Gasteiger partial charge in [0, 0.05) is 16.7 Å². The lowest BCUT2D eigenvalue weighted by Crippen LogP contribution is -2.00. The average Bonchev–Trinajstić information content (AvgIpc) is 3.27. The molecule has 0 unspecified atom stereocenters. The second-order valence-corrected chi connectivity index (χ2v) is 12.9. The molecular formula is C49H31N3. The molecular weight excluding hydrogens is 631 g/mol. The van der Waals surface area contributed by atoms with Gasteiger partial charge in [-0.05, 0) is 89.6 Å². The van der Waals surface area contributed by atoms with Crippen molar-refractivity contribution < 1.29 is 6.85 Å². The molecule has 0 saturated heterocycles. The van der Waals surface area contributed by atoms with E-state index in [0.717, 1.165) is 54.7 Å². The van der Waals surface area contributed by atoms with E-state index in [2.05, 4.69) is 97.1 Å². The van der Waals surface area contributed by atoms with Gasteiger partial charge in [-0.1, -0.05) is 164 Å². The monoisotopic (exact) mass is 666 g/mol. The molecule has 0 aliphatic rings. The van der Waals surface area contributed by atoms with Crippen LogP contribution in [0.4, 0.5) is 0 Å². The van der Waals surface area contributed by atoms with Gasteiger partial charge < -0.3 is 0 Å². The van der Waals surface area contributed by atoms with Gasteiger partial charge in [0.05, 0.1) is 6.85 Å². The van der Waals surface area contributed by atoms with Crippen LogP contribution in [0, 0.1) is 0 Å². The molecule has 9 aromatic carbocycles. The van der Waals surface area contributed by atoms with E-state index in [0.29, 0.717) is 23.0 Å². The molecule has 52 heavy (non-hydrogen) atoms. The number of nitrogens with zero attached hydrogens (tertiary/aromatic N) is 3. The minimum atomic E-state index is -0.401. The molecule has 0 aliphatic carbocycles. The molecule has 0 saturated carbocycles. The molecule has 0 radical (unpaired) electrons. The summed E-state index contributed by atoms with van der Waals surface area (Å²) in [6, 6.07) is 52.0. The summed E-state index contributed by atoms with van der Waals surface area (Å²) < 4.78 is 41.1. The van der Waals surface area contributed by atoms with Crippen molar-refractivity contribution >= 4 is 43.1 Å². The molecule has 0 atom stereocenters. The fourth-order valence-electron chi connectivity index (χ4n) is 7.14. The second kappa shape index (κ2) is 12.4. The summed E-state index contributed by atoms with van der Waals surface area (Å²) in [4.78, 5) is 15.3. The molecule has 3 nitrogen and oxygen atoms in total. The maximum Gasteiger partial charge on any atom is 0.164 e. The van der Waals surface area contributed by atoms with Gasteiger partial charge in [0.25, 0.3) is 0 Å². The third-order valence-electron chi connectivity index (χ3n) is 9.75. The van der Waals surface area contributed by atoms with Crippen LogP contribution >= 0.6 is 0 Å². The zero-order valence-electron chi connectivity index (χ0n) is 32.9. The Morgan fingerprint density at radius 1 is 0.308 bits per heavy atom. The van der Waals surface area contributed by atoms with Crippen molar-refractivity contribution in [3.8, 4) is 56.4 Å². The average molecular weight is 667 g/mol. The molecule has 1 heterocycles. The third kappa shape index (κ3) is 5.37. The van der Waals surface area contributed by atoms with Crippen LogP contribution in [0.3, 0.4) is 0 Å². The lowest BCUT2D eigenvalue weighted by molar-refractivity contribution is 1.08. The molecule has 0 aliphatic heterocycles. The maximum atomic E-state index is 8.45. The van der Waals surface area contributed by atoms with Gasteiger partial charge in [0.15, 0.2) is 17.5 Å². The minimum absolute atomic E-state index is 0.191. The van der Waals surface area contributed by atoms with Crippen molar-refractivity contribution in [3.05, 3.63) is 188 Å². The number of rotatable bonds is 5. The van der Waals surface area contributed by atoms with E-state index in [9.17, 15) is 0 Å². The summed E-state index contributed by atoms with van der Waals surface area (Å²) in [5.41, 5.74) is 5.41. The van der Waals surface area contributed by atoms with Crippen LogP contribution < -0.4 is 0 Å². The third-order valence-corrected chi connectivity index (χ3v) is 9.75. The highest BCUT2D eigenvalue weighted by Crippen LogP contribution is 2.34. The lowest BCUT2D eigenvalue weighted by Gasteiger charge is -2.12. The van der Waals surface area contributed by atoms with E-state index < -0.39 is 6.04 Å². The van der Waals surface area contributed by atoms with E-state index in [-0.39, 0.29) is 29.7 Å². The van der Waals surface area contributed by atoms with E-state index >= 15 is 0 Å².